The van der Waals surface area contributed by atoms with Crippen LogP contribution in [-0.4, -0.2) is 40.5 Å². The molecule has 0 radical (unpaired) electrons. The number of aliphatic carboxylic acids is 1. The molecule has 2 atom stereocenters. The minimum absolute atomic E-state index is 0.0301. The first-order valence-corrected chi connectivity index (χ1v) is 12.2. The van der Waals surface area contributed by atoms with E-state index in [0.29, 0.717) is 0 Å². The highest BCUT2D eigenvalue weighted by Crippen LogP contribution is 2.46. The van der Waals surface area contributed by atoms with Crippen molar-refractivity contribution >= 4 is 11.9 Å². The predicted molar refractivity (Wildman–Crippen MR) is 127 cm³/mol. The summed E-state index contributed by atoms with van der Waals surface area (Å²) in [7, 11) is 0. The number of rotatable bonds is 11. The molecule has 0 aromatic rings. The first-order chi connectivity index (χ1) is 14.5. The van der Waals surface area contributed by atoms with Crippen LogP contribution in [0, 0.1) is 11.3 Å². The molecule has 0 aromatic carbocycles. The maximum atomic E-state index is 13.0. The summed E-state index contributed by atoms with van der Waals surface area (Å²) < 4.78 is 0. The van der Waals surface area contributed by atoms with Gasteiger partial charge in [-0.05, 0) is 43.9 Å². The molecule has 0 bridgehead atoms. The van der Waals surface area contributed by atoms with Gasteiger partial charge in [0.25, 0.3) is 0 Å². The average Bonchev–Trinajstić information content (AvgIpc) is 3.07. The van der Waals surface area contributed by atoms with Gasteiger partial charge in [0.05, 0.1) is 12.0 Å². The van der Waals surface area contributed by atoms with Gasteiger partial charge in [-0.3, -0.25) is 9.59 Å². The van der Waals surface area contributed by atoms with Crippen LogP contribution in [0.1, 0.15) is 99.3 Å². The molecular formula is C26H44N2O3. The lowest BCUT2D eigenvalue weighted by Crippen LogP contribution is -2.57. The molecule has 1 fully saturated rings. The standard InChI is InChI=1S/C26H44N2O3/c1-7-8-9-10-11-12-13-15-28-16-14-20-22(28)17-19(2)21(18-23(29)30)26(20,6)27-24(31)25(3,4)5/h17,20H,7-16,18H2,1-6H3,(H,27,31)(H,29,30). The molecule has 0 aromatic heterocycles. The van der Waals surface area contributed by atoms with Crippen LogP contribution in [0.15, 0.2) is 22.9 Å². The smallest absolute Gasteiger partial charge is 0.307 e. The molecule has 1 saturated heterocycles. The molecule has 5 nitrogen and oxygen atoms in total. The number of carbonyl (C=O) groups is 2. The molecule has 31 heavy (non-hydrogen) atoms. The van der Waals surface area contributed by atoms with Crippen LogP contribution in [0.2, 0.25) is 0 Å². The van der Waals surface area contributed by atoms with E-state index in [-0.39, 0.29) is 18.2 Å². The fraction of sp³-hybridized carbons (Fsp3) is 0.769. The highest BCUT2D eigenvalue weighted by molar-refractivity contribution is 5.83. The quantitative estimate of drug-likeness (QED) is 0.413. The van der Waals surface area contributed by atoms with Gasteiger partial charge in [-0.1, -0.05) is 66.2 Å². The van der Waals surface area contributed by atoms with Crippen molar-refractivity contribution in [3.05, 3.63) is 22.9 Å². The van der Waals surface area contributed by atoms with Crippen molar-refractivity contribution in [2.24, 2.45) is 11.3 Å². The topological polar surface area (TPSA) is 69.6 Å². The molecule has 1 amide bonds. The van der Waals surface area contributed by atoms with E-state index in [1.807, 2.05) is 34.6 Å². The van der Waals surface area contributed by atoms with E-state index < -0.39 is 16.9 Å². The number of carboxylic acid groups (broad SMARTS) is 1. The average molecular weight is 433 g/mol. The Hall–Kier alpha value is -1.78. The molecule has 1 aliphatic carbocycles. The molecule has 2 unspecified atom stereocenters. The number of fused-ring (bicyclic) bond motifs is 1. The second-order valence-corrected chi connectivity index (χ2v) is 10.7. The Morgan fingerprint density at radius 3 is 2.35 bits per heavy atom. The molecule has 176 valence electrons. The highest BCUT2D eigenvalue weighted by atomic mass is 16.4. The predicted octanol–water partition coefficient (Wildman–Crippen LogP) is 5.67. The van der Waals surface area contributed by atoms with E-state index in [1.165, 1.54) is 50.6 Å². The van der Waals surface area contributed by atoms with E-state index in [0.717, 1.165) is 30.7 Å². The summed E-state index contributed by atoms with van der Waals surface area (Å²) in [5, 5.41) is 12.8. The molecule has 5 heteroatoms. The third-order valence-corrected chi connectivity index (χ3v) is 6.99. The van der Waals surface area contributed by atoms with Crippen molar-refractivity contribution in [2.45, 2.75) is 105 Å². The van der Waals surface area contributed by atoms with Gasteiger partial charge < -0.3 is 15.3 Å². The summed E-state index contributed by atoms with van der Waals surface area (Å²) in [6.07, 6.45) is 12.1. The molecule has 2 aliphatic rings. The summed E-state index contributed by atoms with van der Waals surface area (Å²) in [6, 6.07) is 0. The number of carboxylic acids is 1. The Kier molecular flexibility index (Phi) is 8.79. The second kappa shape index (κ2) is 10.7. The number of allylic oxidation sites excluding steroid dienone is 2. The Bertz CT molecular complexity index is 717. The Balaban J connectivity index is 2.15. The molecule has 0 saturated carbocycles. The summed E-state index contributed by atoms with van der Waals surface area (Å²) in [4.78, 5) is 27.1. The SMILES string of the molecule is CCCCCCCCCN1CCC2C1=CC(C)=C(CC(=O)O)C2(C)NC(=O)C(C)(C)C. The van der Waals surface area contributed by atoms with Crippen LogP contribution in [-0.2, 0) is 9.59 Å². The van der Waals surface area contributed by atoms with Crippen LogP contribution in [0.5, 0.6) is 0 Å². The third kappa shape index (κ3) is 6.36. The first kappa shape index (κ1) is 25.5. The van der Waals surface area contributed by atoms with Gasteiger partial charge in [-0.15, -0.1) is 0 Å². The zero-order valence-corrected chi connectivity index (χ0v) is 20.6. The van der Waals surface area contributed by atoms with Crippen LogP contribution in [0.25, 0.3) is 0 Å². The fourth-order valence-corrected chi connectivity index (χ4v) is 5.05. The van der Waals surface area contributed by atoms with Crippen LogP contribution in [0.4, 0.5) is 0 Å². The number of amides is 1. The largest absolute Gasteiger partial charge is 0.481 e. The Morgan fingerprint density at radius 2 is 1.77 bits per heavy atom. The first-order valence-electron chi connectivity index (χ1n) is 12.2. The lowest BCUT2D eigenvalue weighted by molar-refractivity contribution is -0.137. The van der Waals surface area contributed by atoms with Gasteiger partial charge in [-0.25, -0.2) is 0 Å². The minimum atomic E-state index is -0.847. The highest BCUT2D eigenvalue weighted by Gasteiger charge is 2.49. The number of carbonyl (C=O) groups excluding carboxylic acids is 1. The number of hydrogen-bond acceptors (Lipinski definition) is 3. The van der Waals surface area contributed by atoms with Gasteiger partial charge in [0, 0.05) is 30.1 Å². The molecule has 2 rings (SSSR count). The van der Waals surface area contributed by atoms with Crippen molar-refractivity contribution in [1.29, 1.82) is 0 Å². The van der Waals surface area contributed by atoms with Crippen molar-refractivity contribution < 1.29 is 14.7 Å². The summed E-state index contributed by atoms with van der Waals surface area (Å²) in [5.74, 6) is -0.751. The van der Waals surface area contributed by atoms with Crippen molar-refractivity contribution in [2.75, 3.05) is 13.1 Å². The van der Waals surface area contributed by atoms with Gasteiger partial charge in [0.15, 0.2) is 0 Å². The van der Waals surface area contributed by atoms with Crippen molar-refractivity contribution in [3.63, 3.8) is 0 Å². The van der Waals surface area contributed by atoms with Gasteiger partial charge >= 0.3 is 5.97 Å². The second-order valence-electron chi connectivity index (χ2n) is 10.7. The Morgan fingerprint density at radius 1 is 1.16 bits per heavy atom. The van der Waals surface area contributed by atoms with Crippen molar-refractivity contribution in [3.8, 4) is 0 Å². The van der Waals surface area contributed by atoms with Crippen LogP contribution in [0.3, 0.4) is 0 Å². The van der Waals surface area contributed by atoms with E-state index >= 15 is 0 Å². The van der Waals surface area contributed by atoms with E-state index in [1.54, 1.807) is 0 Å². The van der Waals surface area contributed by atoms with Crippen LogP contribution >= 0.6 is 0 Å². The normalized spacial score (nSPS) is 23.6. The van der Waals surface area contributed by atoms with Gasteiger partial charge in [0.1, 0.15) is 0 Å². The zero-order chi connectivity index (χ0) is 23.2. The zero-order valence-electron chi connectivity index (χ0n) is 20.6. The summed E-state index contributed by atoms with van der Waals surface area (Å²) >= 11 is 0. The van der Waals surface area contributed by atoms with E-state index in [2.05, 4.69) is 23.2 Å². The number of unbranched alkanes of at least 4 members (excludes halogenated alkanes) is 6. The van der Waals surface area contributed by atoms with Crippen LogP contribution < -0.4 is 5.32 Å². The molecule has 0 spiro atoms. The van der Waals surface area contributed by atoms with E-state index in [4.69, 9.17) is 0 Å². The number of nitrogens with one attached hydrogen (secondary N) is 1. The number of hydrogen-bond donors (Lipinski definition) is 2. The maximum absolute atomic E-state index is 13.0. The monoisotopic (exact) mass is 432 g/mol. The number of nitrogens with zero attached hydrogens (tertiary/aromatic N) is 1. The summed E-state index contributed by atoms with van der Waals surface area (Å²) in [5.41, 5.74) is 1.91. The van der Waals surface area contributed by atoms with Crippen molar-refractivity contribution in [1.82, 2.24) is 10.2 Å². The lowest BCUT2D eigenvalue weighted by atomic mass is 9.70. The number of likely N-dealkylation sites (tertiary alicyclic amines) is 1. The molecular weight excluding hydrogens is 388 g/mol. The van der Waals surface area contributed by atoms with E-state index in [9.17, 15) is 14.7 Å². The maximum Gasteiger partial charge on any atom is 0.307 e. The molecule has 1 heterocycles. The fourth-order valence-electron chi connectivity index (χ4n) is 5.05. The summed E-state index contributed by atoms with van der Waals surface area (Å²) in [6.45, 7) is 14.0. The third-order valence-electron chi connectivity index (χ3n) is 6.99. The Labute approximate surface area is 189 Å². The molecule has 2 N–H and O–H groups in total. The molecule has 1 aliphatic heterocycles. The lowest BCUT2D eigenvalue weighted by Gasteiger charge is -2.44. The van der Waals surface area contributed by atoms with Gasteiger partial charge in [-0.2, -0.15) is 0 Å². The van der Waals surface area contributed by atoms with Gasteiger partial charge in [0.2, 0.25) is 5.91 Å². The minimum Gasteiger partial charge on any atom is -0.481 e.